The molecule has 1 aliphatic heterocycles. The molecule has 0 aliphatic carbocycles. The number of rotatable bonds is 1. The van der Waals surface area contributed by atoms with Crippen LogP contribution in [0, 0.1) is 0 Å². The topological polar surface area (TPSA) is 12.0 Å². The molecule has 1 aliphatic rings. The monoisotopic (exact) mass is 269 g/mol. The van der Waals surface area contributed by atoms with E-state index >= 15 is 0 Å². The van der Waals surface area contributed by atoms with Crippen LogP contribution in [0.3, 0.4) is 0 Å². The molecule has 2 aromatic carbocycles. The minimum Gasteiger partial charge on any atom is -0.345 e. The summed E-state index contributed by atoms with van der Waals surface area (Å²) in [6, 6.07) is 18.5. The maximum atomic E-state index is 5.40. The van der Waals surface area contributed by atoms with Crippen molar-refractivity contribution in [2.24, 2.45) is 0 Å². The number of fused-ring (bicyclic) bond motifs is 1. The fraction of sp³-hybridized carbons (Fsp3) is 0. The summed E-state index contributed by atoms with van der Waals surface area (Å²) in [5.74, 6) is 0. The normalized spacial score (nSPS) is 16.2. The second kappa shape index (κ2) is 4.96. The molecule has 0 fully saturated rings. The smallest absolute Gasteiger partial charge is 0.117 e. The van der Waals surface area contributed by atoms with Crippen molar-refractivity contribution in [2.75, 3.05) is 5.32 Å². The Kier molecular flexibility index (Phi) is 3.17. The fourth-order valence-electron chi connectivity index (χ4n) is 1.80. The number of para-hydroxylation sites is 1. The summed E-state index contributed by atoms with van der Waals surface area (Å²) in [5.41, 5.74) is 2.27. The van der Waals surface area contributed by atoms with Gasteiger partial charge in [-0.2, -0.15) is 0 Å². The third-order valence-corrected chi connectivity index (χ3v) is 4.25. The second-order valence-corrected chi connectivity index (χ2v) is 5.46. The lowest BCUT2D eigenvalue weighted by atomic mass is 10.2. The molecular weight excluding hydrogens is 258 g/mol. The van der Waals surface area contributed by atoms with Gasteiger partial charge in [-0.25, -0.2) is 0 Å². The van der Waals surface area contributed by atoms with Gasteiger partial charge in [0.2, 0.25) is 0 Å². The van der Waals surface area contributed by atoms with Gasteiger partial charge in [-0.3, -0.25) is 0 Å². The number of thioether (sulfide) groups is 1. The lowest BCUT2D eigenvalue weighted by Crippen LogP contribution is -2.14. The Morgan fingerprint density at radius 2 is 1.67 bits per heavy atom. The van der Waals surface area contributed by atoms with Crippen LogP contribution in [0.4, 0.5) is 5.69 Å². The highest BCUT2D eigenvalue weighted by Gasteiger charge is 2.17. The summed E-state index contributed by atoms with van der Waals surface area (Å²) in [5, 5.41) is 3.27. The van der Waals surface area contributed by atoms with E-state index in [1.807, 2.05) is 36.4 Å². The van der Waals surface area contributed by atoms with Crippen molar-refractivity contribution >= 4 is 40.7 Å². The van der Waals surface area contributed by atoms with Crippen molar-refractivity contribution in [3.63, 3.8) is 0 Å². The molecule has 0 saturated carbocycles. The molecule has 0 spiro atoms. The van der Waals surface area contributed by atoms with Gasteiger partial charge in [-0.05, 0) is 23.8 Å². The zero-order valence-electron chi connectivity index (χ0n) is 9.59. The zero-order valence-corrected chi connectivity index (χ0v) is 11.2. The molecule has 1 heterocycles. The molecule has 0 radical (unpaired) electrons. The Labute approximate surface area is 116 Å². The number of nitrogens with one attached hydrogen (secondary N) is 1. The Hall–Kier alpha value is -1.58. The van der Waals surface area contributed by atoms with E-state index in [0.29, 0.717) is 0 Å². The molecule has 0 atom stereocenters. The molecule has 1 N–H and O–H groups in total. The first-order valence-corrected chi connectivity index (χ1v) is 6.90. The quantitative estimate of drug-likeness (QED) is 0.601. The maximum Gasteiger partial charge on any atom is 0.117 e. The van der Waals surface area contributed by atoms with E-state index < -0.39 is 0 Å². The number of anilines is 1. The number of hydrogen-bond donors (Lipinski definition) is 1. The van der Waals surface area contributed by atoms with Gasteiger partial charge in [0.05, 0.1) is 5.69 Å². The summed E-state index contributed by atoms with van der Waals surface area (Å²) in [6.45, 7) is 0. The van der Waals surface area contributed by atoms with Gasteiger partial charge in [0.25, 0.3) is 0 Å². The maximum absolute atomic E-state index is 5.40. The molecule has 0 saturated heterocycles. The van der Waals surface area contributed by atoms with E-state index in [1.165, 1.54) is 10.5 Å². The molecule has 0 unspecified atom stereocenters. The van der Waals surface area contributed by atoms with Crippen molar-refractivity contribution in [1.29, 1.82) is 0 Å². The highest BCUT2D eigenvalue weighted by Crippen LogP contribution is 2.38. The number of hydrogen-bond acceptors (Lipinski definition) is 2. The van der Waals surface area contributed by atoms with Crippen molar-refractivity contribution in [3.8, 4) is 0 Å². The molecule has 0 bridgehead atoms. The second-order valence-electron chi connectivity index (χ2n) is 3.97. The standard InChI is InChI=1S/C15H11NS2/c17-15-14(10-11-6-2-1-3-7-11)18-13-9-5-4-8-12(13)16-15/h1-10H,(H,16,17). The van der Waals surface area contributed by atoms with E-state index in [0.717, 1.165) is 15.6 Å². The van der Waals surface area contributed by atoms with E-state index in [9.17, 15) is 0 Å². The highest BCUT2D eigenvalue weighted by molar-refractivity contribution is 8.05. The Balaban J connectivity index is 1.96. The Morgan fingerprint density at radius 3 is 2.50 bits per heavy atom. The first-order valence-electron chi connectivity index (χ1n) is 5.68. The Morgan fingerprint density at radius 1 is 0.944 bits per heavy atom. The van der Waals surface area contributed by atoms with Crippen LogP contribution < -0.4 is 5.32 Å². The molecule has 3 rings (SSSR count). The molecule has 0 amide bonds. The fourth-order valence-corrected chi connectivity index (χ4v) is 3.05. The van der Waals surface area contributed by atoms with Crippen molar-refractivity contribution in [1.82, 2.24) is 0 Å². The van der Waals surface area contributed by atoms with Crippen LogP contribution in [-0.4, -0.2) is 4.99 Å². The summed E-state index contributed by atoms with van der Waals surface area (Å²) >= 11 is 7.12. The van der Waals surface area contributed by atoms with Crippen molar-refractivity contribution < 1.29 is 0 Å². The number of benzene rings is 2. The largest absolute Gasteiger partial charge is 0.345 e. The molecule has 1 nitrogen and oxygen atoms in total. The Bertz CT molecular complexity index is 617. The van der Waals surface area contributed by atoms with Gasteiger partial charge in [0, 0.05) is 9.80 Å². The van der Waals surface area contributed by atoms with Crippen LogP contribution in [0.25, 0.3) is 6.08 Å². The summed E-state index contributed by atoms with van der Waals surface area (Å²) < 4.78 is 0. The average Bonchev–Trinajstić information content (AvgIpc) is 2.41. The lowest BCUT2D eigenvalue weighted by molar-refractivity contribution is 1.44. The van der Waals surface area contributed by atoms with Gasteiger partial charge in [-0.15, -0.1) is 0 Å². The van der Waals surface area contributed by atoms with Crippen molar-refractivity contribution in [2.45, 2.75) is 4.90 Å². The predicted octanol–water partition coefficient (Wildman–Crippen LogP) is 4.57. The summed E-state index contributed by atoms with van der Waals surface area (Å²) in [6.07, 6.45) is 2.12. The number of thiocarbonyl (C=S) groups is 1. The summed E-state index contributed by atoms with van der Waals surface area (Å²) in [4.78, 5) is 3.10. The molecule has 18 heavy (non-hydrogen) atoms. The van der Waals surface area contributed by atoms with Gasteiger partial charge in [-0.1, -0.05) is 66.4 Å². The minimum atomic E-state index is 0.794. The van der Waals surface area contributed by atoms with E-state index in [2.05, 4.69) is 29.6 Å². The SMILES string of the molecule is S=C1Nc2ccccc2SC1=Cc1ccccc1. The lowest BCUT2D eigenvalue weighted by Gasteiger charge is -2.20. The molecule has 0 aromatic heterocycles. The van der Waals surface area contributed by atoms with Gasteiger partial charge in [0.15, 0.2) is 0 Å². The minimum absolute atomic E-state index is 0.794. The van der Waals surface area contributed by atoms with Gasteiger partial charge >= 0.3 is 0 Å². The van der Waals surface area contributed by atoms with Crippen molar-refractivity contribution in [3.05, 3.63) is 65.1 Å². The third kappa shape index (κ3) is 2.33. The molecule has 88 valence electrons. The molecular formula is C15H11NS2. The average molecular weight is 269 g/mol. The van der Waals surface area contributed by atoms with E-state index in [-0.39, 0.29) is 0 Å². The zero-order chi connectivity index (χ0) is 12.4. The van der Waals surface area contributed by atoms with E-state index in [4.69, 9.17) is 12.2 Å². The first kappa shape index (κ1) is 11.5. The molecule has 3 heteroatoms. The van der Waals surface area contributed by atoms with Crippen LogP contribution in [0.2, 0.25) is 0 Å². The molecule has 2 aromatic rings. The third-order valence-electron chi connectivity index (χ3n) is 2.68. The van der Waals surface area contributed by atoms with Crippen LogP contribution in [-0.2, 0) is 0 Å². The van der Waals surface area contributed by atoms with E-state index in [1.54, 1.807) is 11.8 Å². The predicted molar refractivity (Wildman–Crippen MR) is 82.9 cm³/mol. The van der Waals surface area contributed by atoms with Crippen LogP contribution >= 0.6 is 24.0 Å². The first-order chi connectivity index (χ1) is 8.83. The van der Waals surface area contributed by atoms with Gasteiger partial charge in [0.1, 0.15) is 4.99 Å². The van der Waals surface area contributed by atoms with Crippen LogP contribution in [0.5, 0.6) is 0 Å². The van der Waals surface area contributed by atoms with Gasteiger partial charge < -0.3 is 5.32 Å². The summed E-state index contributed by atoms with van der Waals surface area (Å²) in [7, 11) is 0. The van der Waals surface area contributed by atoms with Crippen LogP contribution in [0.15, 0.2) is 64.4 Å². The van der Waals surface area contributed by atoms with Crippen LogP contribution in [0.1, 0.15) is 5.56 Å². The highest BCUT2D eigenvalue weighted by atomic mass is 32.2.